The zero-order valence-electron chi connectivity index (χ0n) is 10.0. The normalized spacial score (nSPS) is 19.2. The number of anilines is 2. The van der Waals surface area contributed by atoms with Crippen LogP contribution < -0.4 is 10.2 Å². The number of carbonyl (C=O) groups excluding carboxylic acids is 1. The first-order chi connectivity index (χ1) is 8.69. The molecule has 1 aromatic rings. The van der Waals surface area contributed by atoms with Crippen LogP contribution in [0.25, 0.3) is 0 Å². The van der Waals surface area contributed by atoms with E-state index in [1.54, 1.807) is 6.92 Å². The summed E-state index contributed by atoms with van der Waals surface area (Å²) in [5.74, 6) is -0.548. The summed E-state index contributed by atoms with van der Waals surface area (Å²) in [5, 5.41) is 2.32. The van der Waals surface area contributed by atoms with E-state index in [1.807, 2.05) is 0 Å². The monoisotopic (exact) mass is 294 g/mol. The highest BCUT2D eigenvalue weighted by Crippen LogP contribution is 2.35. The number of halogens is 4. The lowest BCUT2D eigenvalue weighted by Gasteiger charge is -2.34. The quantitative estimate of drug-likeness (QED) is 0.806. The molecule has 2 heterocycles. The molecule has 19 heavy (non-hydrogen) atoms. The molecule has 1 N–H and O–H groups in total. The summed E-state index contributed by atoms with van der Waals surface area (Å²) in [7, 11) is 1.37. The molecule has 1 amide bonds. The molecule has 1 aromatic heterocycles. The second-order valence-corrected chi connectivity index (χ2v) is 4.55. The topological polar surface area (TPSA) is 58.1 Å². The molecular weight excluding hydrogens is 285 g/mol. The van der Waals surface area contributed by atoms with Crippen molar-refractivity contribution in [2.75, 3.05) is 17.3 Å². The molecule has 0 aromatic carbocycles. The second-order valence-electron chi connectivity index (χ2n) is 4.21. The number of aromatic nitrogens is 2. The van der Waals surface area contributed by atoms with Crippen LogP contribution in [0.4, 0.5) is 24.7 Å². The van der Waals surface area contributed by atoms with Crippen molar-refractivity contribution < 1.29 is 18.0 Å². The van der Waals surface area contributed by atoms with Crippen molar-refractivity contribution in [2.45, 2.75) is 25.6 Å². The van der Waals surface area contributed by atoms with Gasteiger partial charge in [0.1, 0.15) is 11.7 Å². The highest BCUT2D eigenvalue weighted by Gasteiger charge is 2.41. The minimum Gasteiger partial charge on any atom is -0.345 e. The van der Waals surface area contributed by atoms with E-state index in [9.17, 15) is 18.0 Å². The highest BCUT2D eigenvalue weighted by molar-refractivity contribution is 6.28. The molecule has 9 heteroatoms. The zero-order chi connectivity index (χ0) is 14.4. The van der Waals surface area contributed by atoms with Gasteiger partial charge in [0.05, 0.1) is 12.1 Å². The number of hydrogen-bond donors (Lipinski definition) is 1. The minimum atomic E-state index is -4.44. The van der Waals surface area contributed by atoms with Gasteiger partial charge in [-0.25, -0.2) is 4.98 Å². The van der Waals surface area contributed by atoms with Gasteiger partial charge in [0.2, 0.25) is 11.2 Å². The van der Waals surface area contributed by atoms with Crippen LogP contribution in [0.2, 0.25) is 5.28 Å². The van der Waals surface area contributed by atoms with Crippen LogP contribution >= 0.6 is 11.6 Å². The molecule has 1 aliphatic rings. The Hall–Kier alpha value is -1.57. The predicted octanol–water partition coefficient (Wildman–Crippen LogP) is 2.15. The molecule has 104 valence electrons. The van der Waals surface area contributed by atoms with E-state index in [1.165, 1.54) is 11.9 Å². The summed E-state index contributed by atoms with van der Waals surface area (Å²) in [6.07, 6.45) is -5.70. The van der Waals surface area contributed by atoms with E-state index in [4.69, 9.17) is 11.6 Å². The van der Waals surface area contributed by atoms with Crippen molar-refractivity contribution in [2.24, 2.45) is 0 Å². The van der Waals surface area contributed by atoms with Gasteiger partial charge in [0.25, 0.3) is 0 Å². The predicted molar refractivity (Wildman–Crippen MR) is 63.3 cm³/mol. The lowest BCUT2D eigenvalue weighted by molar-refractivity contribution is -0.145. The van der Waals surface area contributed by atoms with Crippen LogP contribution in [0.1, 0.15) is 12.1 Å². The number of hydrogen-bond acceptors (Lipinski definition) is 4. The van der Waals surface area contributed by atoms with Gasteiger partial charge in [0, 0.05) is 7.05 Å². The van der Waals surface area contributed by atoms with Gasteiger partial charge in [-0.2, -0.15) is 18.2 Å². The summed E-state index contributed by atoms with van der Waals surface area (Å²) in [5.41, 5.74) is 0.691. The van der Waals surface area contributed by atoms with E-state index in [-0.39, 0.29) is 16.8 Å². The van der Waals surface area contributed by atoms with Gasteiger partial charge < -0.3 is 10.2 Å². The SMILES string of the molecule is Cc1nc(Cl)nc2c1NC(=O)[C@H](CC(F)(F)F)N2C. The zero-order valence-corrected chi connectivity index (χ0v) is 10.8. The third-order valence-electron chi connectivity index (χ3n) is 2.82. The van der Waals surface area contributed by atoms with Gasteiger partial charge in [-0.3, -0.25) is 4.79 Å². The number of aryl methyl sites for hydroxylation is 1. The molecule has 1 atom stereocenters. The molecule has 5 nitrogen and oxygen atoms in total. The fourth-order valence-corrected chi connectivity index (χ4v) is 2.11. The van der Waals surface area contributed by atoms with Gasteiger partial charge in [-0.15, -0.1) is 0 Å². The lowest BCUT2D eigenvalue weighted by Crippen LogP contribution is -2.49. The van der Waals surface area contributed by atoms with Crippen LogP contribution in [0.5, 0.6) is 0 Å². The molecule has 0 fully saturated rings. The molecule has 0 spiro atoms. The van der Waals surface area contributed by atoms with Crippen molar-refractivity contribution in [1.82, 2.24) is 9.97 Å². The van der Waals surface area contributed by atoms with Gasteiger partial charge >= 0.3 is 6.18 Å². The average Bonchev–Trinajstić information content (AvgIpc) is 2.25. The smallest absolute Gasteiger partial charge is 0.345 e. The first-order valence-electron chi connectivity index (χ1n) is 5.33. The fraction of sp³-hybridized carbons (Fsp3) is 0.500. The number of carbonyl (C=O) groups is 1. The molecule has 0 saturated carbocycles. The van der Waals surface area contributed by atoms with Crippen LogP contribution in [0, 0.1) is 6.92 Å². The summed E-state index contributed by atoms with van der Waals surface area (Å²) in [6, 6.07) is -1.36. The number of fused-ring (bicyclic) bond motifs is 1. The third kappa shape index (κ3) is 2.73. The van der Waals surface area contributed by atoms with E-state index in [0.29, 0.717) is 5.69 Å². The van der Waals surface area contributed by atoms with Crippen LogP contribution in [-0.4, -0.2) is 35.1 Å². The first kappa shape index (κ1) is 13.9. The maximum absolute atomic E-state index is 12.5. The first-order valence-corrected chi connectivity index (χ1v) is 5.71. The van der Waals surface area contributed by atoms with Crippen molar-refractivity contribution in [3.63, 3.8) is 0 Å². The number of nitrogens with one attached hydrogen (secondary N) is 1. The van der Waals surface area contributed by atoms with E-state index in [0.717, 1.165) is 0 Å². The molecule has 2 rings (SSSR count). The number of amides is 1. The van der Waals surface area contributed by atoms with Crippen LogP contribution in [0.15, 0.2) is 0 Å². The van der Waals surface area contributed by atoms with E-state index >= 15 is 0 Å². The Morgan fingerprint density at radius 3 is 2.63 bits per heavy atom. The van der Waals surface area contributed by atoms with E-state index in [2.05, 4.69) is 15.3 Å². The number of alkyl halides is 3. The van der Waals surface area contributed by atoms with Crippen molar-refractivity contribution in [1.29, 1.82) is 0 Å². The number of likely N-dealkylation sites (N-methyl/N-ethyl adjacent to an activating group) is 1. The van der Waals surface area contributed by atoms with Gasteiger partial charge in [-0.1, -0.05) is 0 Å². The molecule has 0 saturated heterocycles. The molecule has 0 unspecified atom stereocenters. The van der Waals surface area contributed by atoms with Gasteiger partial charge in [0.15, 0.2) is 5.82 Å². The Bertz CT molecular complexity index is 534. The third-order valence-corrected chi connectivity index (χ3v) is 2.99. The maximum Gasteiger partial charge on any atom is 0.391 e. The second kappa shape index (κ2) is 4.52. The standard InChI is InChI=1S/C10H10ClF3N4O/c1-4-6-7(17-9(11)15-4)18(2)5(8(19)16-6)3-10(12,13)14/h5H,3H2,1-2H3,(H,16,19)/t5-/m0/s1. The number of nitrogens with zero attached hydrogens (tertiary/aromatic N) is 3. The Labute approximate surface area is 111 Å². The van der Waals surface area contributed by atoms with Crippen LogP contribution in [0.3, 0.4) is 0 Å². The van der Waals surface area contributed by atoms with Gasteiger partial charge in [-0.05, 0) is 18.5 Å². The maximum atomic E-state index is 12.5. The summed E-state index contributed by atoms with van der Waals surface area (Å²) < 4.78 is 37.4. The lowest BCUT2D eigenvalue weighted by atomic mass is 10.1. The summed E-state index contributed by atoms with van der Waals surface area (Å²) in [4.78, 5) is 20.6. The Balaban J connectivity index is 2.42. The highest BCUT2D eigenvalue weighted by atomic mass is 35.5. The van der Waals surface area contributed by atoms with Crippen molar-refractivity contribution in [3.8, 4) is 0 Å². The van der Waals surface area contributed by atoms with Crippen molar-refractivity contribution in [3.05, 3.63) is 11.0 Å². The van der Waals surface area contributed by atoms with Crippen molar-refractivity contribution >= 4 is 29.0 Å². The molecule has 0 radical (unpaired) electrons. The van der Waals surface area contributed by atoms with E-state index < -0.39 is 24.5 Å². The summed E-state index contributed by atoms with van der Waals surface area (Å²) in [6.45, 7) is 1.59. The fourth-order valence-electron chi connectivity index (χ4n) is 1.90. The average molecular weight is 295 g/mol. The Kier molecular flexibility index (Phi) is 3.29. The largest absolute Gasteiger partial charge is 0.391 e. The molecule has 0 aliphatic carbocycles. The Morgan fingerprint density at radius 1 is 1.42 bits per heavy atom. The van der Waals surface area contributed by atoms with Crippen LogP contribution in [-0.2, 0) is 4.79 Å². The molecule has 0 bridgehead atoms. The minimum absolute atomic E-state index is 0.0787. The Morgan fingerprint density at radius 2 is 2.05 bits per heavy atom. The molecular formula is C10H10ClF3N4O. The number of rotatable bonds is 1. The summed E-state index contributed by atoms with van der Waals surface area (Å²) >= 11 is 5.68. The molecule has 1 aliphatic heterocycles.